The zero-order valence-corrected chi connectivity index (χ0v) is 10.5. The van der Waals surface area contributed by atoms with E-state index in [0.717, 1.165) is 0 Å². The van der Waals surface area contributed by atoms with Crippen LogP contribution >= 0.6 is 0 Å². The number of aliphatic carboxylic acids is 1. The van der Waals surface area contributed by atoms with Gasteiger partial charge in [0.15, 0.2) is 6.10 Å². The Morgan fingerprint density at radius 3 is 3.05 bits per heavy atom. The molecule has 0 aliphatic carbocycles. The predicted molar refractivity (Wildman–Crippen MR) is 66.3 cm³/mol. The third-order valence-corrected chi connectivity index (χ3v) is 3.18. The number of ether oxygens (including phenoxy) is 1. The minimum atomic E-state index is -1.07. The van der Waals surface area contributed by atoms with Crippen LogP contribution < -0.4 is 0 Å². The molecule has 0 radical (unpaired) electrons. The quantitative estimate of drug-likeness (QED) is 0.805. The largest absolute Gasteiger partial charge is 0.479 e. The van der Waals surface area contributed by atoms with E-state index in [-0.39, 0.29) is 19.1 Å². The fraction of sp³-hybridized carbons (Fsp3) is 0.333. The van der Waals surface area contributed by atoms with Gasteiger partial charge in [0, 0.05) is 18.9 Å². The highest BCUT2D eigenvalue weighted by molar-refractivity contribution is 6.00. The van der Waals surface area contributed by atoms with Gasteiger partial charge in [0.1, 0.15) is 0 Å². The maximum Gasteiger partial charge on any atom is 0.334 e. The Morgan fingerprint density at radius 2 is 2.25 bits per heavy atom. The van der Waals surface area contributed by atoms with Crippen LogP contribution in [0.25, 0.3) is 5.52 Å². The van der Waals surface area contributed by atoms with Crippen molar-refractivity contribution in [2.24, 2.45) is 0 Å². The molecule has 0 bridgehead atoms. The molecule has 1 fully saturated rings. The number of carboxylic acids is 1. The second kappa shape index (κ2) is 4.89. The van der Waals surface area contributed by atoms with Gasteiger partial charge in [0.05, 0.1) is 36.6 Å². The van der Waals surface area contributed by atoms with Crippen LogP contribution in [0, 0.1) is 0 Å². The number of hydrogen-bond donors (Lipinski definition) is 1. The number of morpholine rings is 1. The summed E-state index contributed by atoms with van der Waals surface area (Å²) in [5.74, 6) is -1.33. The van der Waals surface area contributed by atoms with E-state index >= 15 is 0 Å². The van der Waals surface area contributed by atoms with E-state index in [4.69, 9.17) is 9.84 Å². The molecule has 3 heterocycles. The minimum Gasteiger partial charge on any atom is -0.479 e. The van der Waals surface area contributed by atoms with Gasteiger partial charge < -0.3 is 14.7 Å². The molecule has 0 spiro atoms. The lowest BCUT2D eigenvalue weighted by Gasteiger charge is -2.30. The first kappa shape index (κ1) is 12.5. The average Bonchev–Trinajstić information content (AvgIpc) is 2.90. The summed E-state index contributed by atoms with van der Waals surface area (Å²) < 4.78 is 6.65. The normalized spacial score (nSPS) is 19.2. The molecule has 1 amide bonds. The van der Waals surface area contributed by atoms with Crippen molar-refractivity contribution in [2.45, 2.75) is 6.10 Å². The monoisotopic (exact) mass is 276 g/mol. The average molecular weight is 276 g/mol. The van der Waals surface area contributed by atoms with Crippen molar-refractivity contribution in [1.82, 2.24) is 19.5 Å². The highest BCUT2D eigenvalue weighted by Crippen LogP contribution is 2.14. The van der Waals surface area contributed by atoms with Gasteiger partial charge in [-0.1, -0.05) is 0 Å². The summed E-state index contributed by atoms with van der Waals surface area (Å²) in [4.78, 5) is 28.8. The van der Waals surface area contributed by atoms with E-state index in [1.165, 1.54) is 11.1 Å². The molecule has 1 atom stereocenters. The lowest BCUT2D eigenvalue weighted by atomic mass is 10.2. The van der Waals surface area contributed by atoms with Gasteiger partial charge in [0.2, 0.25) is 0 Å². The topological polar surface area (TPSA) is 97.0 Å². The number of hydrogen-bond acceptors (Lipinski definition) is 5. The second-order valence-corrected chi connectivity index (χ2v) is 4.41. The number of nitrogens with zero attached hydrogens (tertiary/aromatic N) is 4. The summed E-state index contributed by atoms with van der Waals surface area (Å²) in [6.07, 6.45) is 5.25. The molecular weight excluding hydrogens is 264 g/mol. The van der Waals surface area contributed by atoms with E-state index in [1.54, 1.807) is 23.1 Å². The highest BCUT2D eigenvalue weighted by atomic mass is 16.5. The van der Waals surface area contributed by atoms with Crippen LogP contribution in [0.5, 0.6) is 0 Å². The van der Waals surface area contributed by atoms with Crippen LogP contribution in [0.3, 0.4) is 0 Å². The van der Waals surface area contributed by atoms with Crippen molar-refractivity contribution < 1.29 is 19.4 Å². The van der Waals surface area contributed by atoms with E-state index in [1.807, 2.05) is 0 Å². The number of carbonyl (C=O) groups excluding carboxylic acids is 1. The third kappa shape index (κ3) is 2.10. The molecule has 1 aliphatic rings. The predicted octanol–water partition coefficient (Wildman–Crippen LogP) is -0.345. The van der Waals surface area contributed by atoms with Crippen molar-refractivity contribution in [1.29, 1.82) is 0 Å². The molecule has 20 heavy (non-hydrogen) atoms. The Morgan fingerprint density at radius 1 is 1.40 bits per heavy atom. The maximum absolute atomic E-state index is 12.4. The van der Waals surface area contributed by atoms with Gasteiger partial charge in [0.25, 0.3) is 5.91 Å². The highest BCUT2D eigenvalue weighted by Gasteiger charge is 2.30. The van der Waals surface area contributed by atoms with E-state index < -0.39 is 12.1 Å². The van der Waals surface area contributed by atoms with E-state index in [9.17, 15) is 9.59 Å². The fourth-order valence-electron chi connectivity index (χ4n) is 2.15. The molecule has 8 heteroatoms. The smallest absolute Gasteiger partial charge is 0.334 e. The summed E-state index contributed by atoms with van der Waals surface area (Å²) in [7, 11) is 0. The maximum atomic E-state index is 12.4. The molecular formula is C12H12N4O4. The molecule has 1 aliphatic heterocycles. The van der Waals surface area contributed by atoms with Gasteiger partial charge in [-0.25, -0.2) is 9.31 Å². The number of aromatic nitrogens is 3. The standard InChI is InChI=1S/C12H12N4O4/c17-11(15-3-4-20-10(7-15)12(18)19)8-5-14-16-2-1-13-6-9(8)16/h1-2,5-6,10H,3-4,7H2,(H,18,19). The Labute approximate surface area is 113 Å². The lowest BCUT2D eigenvalue weighted by Crippen LogP contribution is -2.48. The number of amides is 1. The molecule has 104 valence electrons. The zero-order chi connectivity index (χ0) is 14.1. The molecule has 1 saturated heterocycles. The third-order valence-electron chi connectivity index (χ3n) is 3.18. The van der Waals surface area contributed by atoms with E-state index in [2.05, 4.69) is 10.1 Å². The number of rotatable bonds is 2. The van der Waals surface area contributed by atoms with Crippen molar-refractivity contribution in [2.75, 3.05) is 19.7 Å². The lowest BCUT2D eigenvalue weighted by molar-refractivity contribution is -0.154. The second-order valence-electron chi connectivity index (χ2n) is 4.41. The summed E-state index contributed by atoms with van der Waals surface area (Å²) in [5, 5.41) is 13.0. The Bertz CT molecular complexity index is 668. The van der Waals surface area contributed by atoms with Gasteiger partial charge in [-0.2, -0.15) is 5.10 Å². The van der Waals surface area contributed by atoms with Crippen molar-refractivity contribution in [3.05, 3.63) is 30.4 Å². The molecule has 1 N–H and O–H groups in total. The first-order valence-corrected chi connectivity index (χ1v) is 6.08. The number of carboxylic acid groups (broad SMARTS) is 1. The van der Waals surface area contributed by atoms with Gasteiger partial charge in [-0.05, 0) is 0 Å². The first-order valence-electron chi connectivity index (χ1n) is 6.08. The SMILES string of the molecule is O=C(O)C1CN(C(=O)c2cnn3ccncc23)CCO1. The van der Waals surface area contributed by atoms with Crippen LogP contribution in [0.15, 0.2) is 24.8 Å². The minimum absolute atomic E-state index is 0.0335. The van der Waals surface area contributed by atoms with Crippen LogP contribution in [-0.4, -0.2) is 62.3 Å². The molecule has 1 unspecified atom stereocenters. The van der Waals surface area contributed by atoms with Gasteiger partial charge >= 0.3 is 5.97 Å². The number of fused-ring (bicyclic) bond motifs is 1. The Hall–Kier alpha value is -2.48. The summed E-state index contributed by atoms with van der Waals surface area (Å²) in [6, 6.07) is 0. The Kier molecular flexibility index (Phi) is 3.07. The Balaban J connectivity index is 1.87. The van der Waals surface area contributed by atoms with Crippen molar-refractivity contribution in [3.8, 4) is 0 Å². The molecule has 0 saturated carbocycles. The molecule has 0 aromatic carbocycles. The van der Waals surface area contributed by atoms with E-state index in [0.29, 0.717) is 17.6 Å². The summed E-state index contributed by atoms with van der Waals surface area (Å²) in [5.41, 5.74) is 1.00. The molecule has 8 nitrogen and oxygen atoms in total. The van der Waals surface area contributed by atoms with Crippen molar-refractivity contribution in [3.63, 3.8) is 0 Å². The molecule has 2 aromatic heterocycles. The summed E-state index contributed by atoms with van der Waals surface area (Å²) >= 11 is 0. The first-order chi connectivity index (χ1) is 9.66. The van der Waals surface area contributed by atoms with Gasteiger partial charge in [-0.15, -0.1) is 0 Å². The van der Waals surface area contributed by atoms with Gasteiger partial charge in [-0.3, -0.25) is 9.78 Å². The van der Waals surface area contributed by atoms with Crippen molar-refractivity contribution >= 4 is 17.4 Å². The fourth-order valence-corrected chi connectivity index (χ4v) is 2.15. The van der Waals surface area contributed by atoms with Crippen LogP contribution in [0.2, 0.25) is 0 Å². The van der Waals surface area contributed by atoms with Crippen LogP contribution in [0.1, 0.15) is 10.4 Å². The number of carbonyl (C=O) groups is 2. The molecule has 3 rings (SSSR count). The zero-order valence-electron chi connectivity index (χ0n) is 10.5. The van der Waals surface area contributed by atoms with Crippen LogP contribution in [-0.2, 0) is 9.53 Å². The molecule has 2 aromatic rings. The van der Waals surface area contributed by atoms with Crippen LogP contribution in [0.4, 0.5) is 0 Å². The summed E-state index contributed by atoms with van der Waals surface area (Å²) in [6.45, 7) is 0.603.